The fourth-order valence-electron chi connectivity index (χ4n) is 2.85. The Balaban J connectivity index is 2.24. The van der Waals surface area contributed by atoms with Crippen LogP contribution in [0.5, 0.6) is 0 Å². The molecule has 0 aliphatic carbocycles. The van der Waals surface area contributed by atoms with Crippen molar-refractivity contribution in [1.82, 2.24) is 4.90 Å². The number of nitrogens with zero attached hydrogens (tertiary/aromatic N) is 1. The number of aliphatic hydroxyl groups is 5. The van der Waals surface area contributed by atoms with Crippen LogP contribution in [-0.2, 0) is 0 Å². The highest BCUT2D eigenvalue weighted by Crippen LogP contribution is 2.37. The lowest BCUT2D eigenvalue weighted by Gasteiger charge is -2.28. The van der Waals surface area contributed by atoms with Crippen LogP contribution in [0.15, 0.2) is 0 Å². The Labute approximate surface area is 87.4 Å². The lowest BCUT2D eigenvalue weighted by atomic mass is 10.0. The Morgan fingerprint density at radius 3 is 2.20 bits per heavy atom. The van der Waals surface area contributed by atoms with Crippen LogP contribution in [0.25, 0.3) is 0 Å². The molecule has 0 saturated carbocycles. The minimum absolute atomic E-state index is 0.149. The number of hydrogen-bond donors (Lipinski definition) is 5. The van der Waals surface area contributed by atoms with Gasteiger partial charge in [-0.15, -0.1) is 0 Å². The maximum atomic E-state index is 9.71. The van der Waals surface area contributed by atoms with E-state index in [0.29, 0.717) is 6.42 Å². The smallest absolute Gasteiger partial charge is 0.0995 e. The van der Waals surface area contributed by atoms with Gasteiger partial charge in [0.1, 0.15) is 0 Å². The zero-order valence-corrected chi connectivity index (χ0v) is 8.27. The van der Waals surface area contributed by atoms with Crippen molar-refractivity contribution < 1.29 is 25.5 Å². The van der Waals surface area contributed by atoms with Crippen LogP contribution in [0.1, 0.15) is 6.42 Å². The van der Waals surface area contributed by atoms with Crippen LogP contribution in [0, 0.1) is 0 Å². The van der Waals surface area contributed by atoms with Crippen LogP contribution in [-0.4, -0.2) is 80.1 Å². The second kappa shape index (κ2) is 3.97. The van der Waals surface area contributed by atoms with Crippen molar-refractivity contribution in [3.63, 3.8) is 0 Å². The third-order valence-electron chi connectivity index (χ3n) is 3.55. The van der Waals surface area contributed by atoms with Gasteiger partial charge >= 0.3 is 0 Å². The van der Waals surface area contributed by atoms with Crippen molar-refractivity contribution in [1.29, 1.82) is 0 Å². The Morgan fingerprint density at radius 2 is 1.67 bits per heavy atom. The quantitative estimate of drug-likeness (QED) is 0.336. The predicted molar refractivity (Wildman–Crippen MR) is 50.0 cm³/mol. The highest BCUT2D eigenvalue weighted by Gasteiger charge is 2.56. The fraction of sp³-hybridized carbons (Fsp3) is 1.00. The molecule has 0 unspecified atom stereocenters. The van der Waals surface area contributed by atoms with Crippen LogP contribution in [0.3, 0.4) is 0 Å². The molecule has 6 nitrogen and oxygen atoms in total. The van der Waals surface area contributed by atoms with Gasteiger partial charge in [-0.2, -0.15) is 0 Å². The summed E-state index contributed by atoms with van der Waals surface area (Å²) in [5, 5.41) is 47.3. The maximum absolute atomic E-state index is 9.71. The highest BCUT2D eigenvalue weighted by atomic mass is 16.3. The third-order valence-corrected chi connectivity index (χ3v) is 3.55. The standard InChI is InChI=1S/C9H17NO5/c11-2-4-1-6(13)7-9(15)8(14)5(3-12)10(4)7/h4-9,11-15H,1-3H2/t4-,5-,6-,7-,8-,9+/m1/s1. The molecule has 2 fully saturated rings. The summed E-state index contributed by atoms with van der Waals surface area (Å²) >= 11 is 0. The molecule has 0 amide bonds. The van der Waals surface area contributed by atoms with E-state index >= 15 is 0 Å². The van der Waals surface area contributed by atoms with E-state index in [0.717, 1.165) is 0 Å². The third kappa shape index (κ3) is 1.49. The van der Waals surface area contributed by atoms with Gasteiger partial charge in [0.25, 0.3) is 0 Å². The maximum Gasteiger partial charge on any atom is 0.0995 e. The van der Waals surface area contributed by atoms with Crippen molar-refractivity contribution in [2.24, 2.45) is 0 Å². The molecule has 0 bridgehead atoms. The zero-order valence-electron chi connectivity index (χ0n) is 8.27. The van der Waals surface area contributed by atoms with Gasteiger partial charge in [0.05, 0.1) is 43.6 Å². The van der Waals surface area contributed by atoms with Gasteiger partial charge in [0, 0.05) is 6.04 Å². The van der Waals surface area contributed by atoms with Crippen LogP contribution in [0.2, 0.25) is 0 Å². The second-order valence-corrected chi connectivity index (χ2v) is 4.31. The SMILES string of the molecule is OC[C@H]1C[C@@H](O)[C@@H]2[C@H](O)[C@H](O)[C@@H](CO)N12. The molecule has 15 heavy (non-hydrogen) atoms. The van der Waals surface area contributed by atoms with E-state index in [1.807, 2.05) is 0 Å². The number of hydrogen-bond acceptors (Lipinski definition) is 6. The molecule has 88 valence electrons. The Morgan fingerprint density at radius 1 is 1.00 bits per heavy atom. The highest BCUT2D eigenvalue weighted by molar-refractivity contribution is 5.10. The van der Waals surface area contributed by atoms with Crippen molar-refractivity contribution >= 4 is 0 Å². The van der Waals surface area contributed by atoms with Gasteiger partial charge in [-0.05, 0) is 6.42 Å². The second-order valence-electron chi connectivity index (χ2n) is 4.31. The van der Waals surface area contributed by atoms with Crippen molar-refractivity contribution in [3.8, 4) is 0 Å². The molecular formula is C9H17NO5. The van der Waals surface area contributed by atoms with Crippen molar-refractivity contribution in [2.75, 3.05) is 13.2 Å². The van der Waals surface area contributed by atoms with Crippen molar-refractivity contribution in [2.45, 2.75) is 42.9 Å². The summed E-state index contributed by atoms with van der Waals surface area (Å²) in [6, 6.07) is -1.47. The molecule has 2 aliphatic heterocycles. The molecule has 2 aliphatic rings. The average molecular weight is 219 g/mol. The van der Waals surface area contributed by atoms with E-state index in [1.165, 1.54) is 0 Å². The Kier molecular flexibility index (Phi) is 2.98. The lowest BCUT2D eigenvalue weighted by molar-refractivity contribution is -0.00253. The topological polar surface area (TPSA) is 104 Å². The summed E-state index contributed by atoms with van der Waals surface area (Å²) in [7, 11) is 0. The van der Waals surface area contributed by atoms with Gasteiger partial charge < -0.3 is 25.5 Å². The Hall–Kier alpha value is -0.240. The summed E-state index contributed by atoms with van der Waals surface area (Å²) in [5.41, 5.74) is 0. The van der Waals surface area contributed by atoms with Crippen LogP contribution in [0.4, 0.5) is 0 Å². The zero-order chi connectivity index (χ0) is 11.2. The van der Waals surface area contributed by atoms with Gasteiger partial charge in [0.15, 0.2) is 0 Å². The monoisotopic (exact) mass is 219 g/mol. The first-order valence-electron chi connectivity index (χ1n) is 5.15. The molecule has 6 heteroatoms. The van der Waals surface area contributed by atoms with Gasteiger partial charge in [-0.25, -0.2) is 0 Å². The minimum Gasteiger partial charge on any atom is -0.395 e. The summed E-state index contributed by atoms with van der Waals surface area (Å²) in [6.45, 7) is -0.443. The van der Waals surface area contributed by atoms with E-state index in [2.05, 4.69) is 0 Å². The molecule has 2 rings (SSSR count). The summed E-state index contributed by atoms with van der Waals surface area (Å²) in [4.78, 5) is 1.64. The van der Waals surface area contributed by atoms with Crippen LogP contribution < -0.4 is 0 Å². The van der Waals surface area contributed by atoms with E-state index in [-0.39, 0.29) is 19.3 Å². The number of aliphatic hydroxyl groups excluding tert-OH is 5. The first-order valence-corrected chi connectivity index (χ1v) is 5.15. The molecular weight excluding hydrogens is 202 g/mol. The van der Waals surface area contributed by atoms with Crippen molar-refractivity contribution in [3.05, 3.63) is 0 Å². The summed E-state index contributed by atoms with van der Waals surface area (Å²) in [6.07, 6.45) is -2.53. The number of fused-ring (bicyclic) bond motifs is 1. The number of rotatable bonds is 2. The van der Waals surface area contributed by atoms with E-state index in [1.54, 1.807) is 4.90 Å². The first-order chi connectivity index (χ1) is 7.11. The lowest BCUT2D eigenvalue weighted by Crippen LogP contribution is -2.45. The van der Waals surface area contributed by atoms with Gasteiger partial charge in [-0.3, -0.25) is 4.90 Å². The summed E-state index contributed by atoms with van der Waals surface area (Å²) < 4.78 is 0. The normalized spacial score (nSPS) is 51.0. The van der Waals surface area contributed by atoms with Crippen LogP contribution >= 0.6 is 0 Å². The molecule has 0 aromatic rings. The largest absolute Gasteiger partial charge is 0.395 e. The molecule has 0 aromatic heterocycles. The Bertz CT molecular complexity index is 239. The van der Waals surface area contributed by atoms with E-state index < -0.39 is 30.4 Å². The van der Waals surface area contributed by atoms with E-state index in [4.69, 9.17) is 10.2 Å². The molecule has 6 atom stereocenters. The van der Waals surface area contributed by atoms with Gasteiger partial charge in [-0.1, -0.05) is 0 Å². The average Bonchev–Trinajstić information content (AvgIpc) is 2.67. The molecule has 0 radical (unpaired) electrons. The van der Waals surface area contributed by atoms with E-state index in [9.17, 15) is 15.3 Å². The molecule has 0 aromatic carbocycles. The fourth-order valence-corrected chi connectivity index (χ4v) is 2.85. The molecule has 2 heterocycles. The van der Waals surface area contributed by atoms with Gasteiger partial charge in [0.2, 0.25) is 0 Å². The molecule has 2 saturated heterocycles. The minimum atomic E-state index is -1.07. The molecule has 0 spiro atoms. The predicted octanol–water partition coefficient (Wildman–Crippen LogP) is -3.12. The first kappa shape index (κ1) is 11.3. The molecule has 5 N–H and O–H groups in total. The summed E-state index contributed by atoms with van der Waals surface area (Å²) in [5.74, 6) is 0.